The van der Waals surface area contributed by atoms with Gasteiger partial charge in [-0.2, -0.15) is 0 Å². The Bertz CT molecular complexity index is 756. The van der Waals surface area contributed by atoms with Crippen LogP contribution in [0.2, 0.25) is 0 Å². The Hall–Kier alpha value is -2.98. The largest absolute Gasteiger partial charge is 0.480 e. The molecule has 3 atom stereocenters. The van der Waals surface area contributed by atoms with Gasteiger partial charge in [-0.1, -0.05) is 44.2 Å². The van der Waals surface area contributed by atoms with E-state index in [1.165, 1.54) is 0 Å². The first-order valence-electron chi connectivity index (χ1n) is 10.8. The molecule has 8 N–H and O–H groups in total. The first kappa shape index (κ1) is 27.1. The van der Waals surface area contributed by atoms with Crippen LogP contribution in [0.15, 0.2) is 30.3 Å². The lowest BCUT2D eigenvalue weighted by molar-refractivity contribution is -0.141. The average molecular weight is 450 g/mol. The first-order chi connectivity index (χ1) is 15.1. The molecule has 0 radical (unpaired) electrons. The topological polar surface area (TPSA) is 177 Å². The van der Waals surface area contributed by atoms with Crippen molar-refractivity contribution in [2.24, 2.45) is 17.4 Å². The number of nitrogens with two attached hydrogens (primary N) is 2. The molecular formula is C22H35N5O5. The molecule has 32 heavy (non-hydrogen) atoms. The molecule has 1 aromatic rings. The number of carbonyl (C=O) groups excluding carboxylic acids is 3. The summed E-state index contributed by atoms with van der Waals surface area (Å²) < 4.78 is 0. The maximum atomic E-state index is 12.6. The fourth-order valence-electron chi connectivity index (χ4n) is 2.92. The molecule has 0 bridgehead atoms. The van der Waals surface area contributed by atoms with Crippen LogP contribution in [0.1, 0.15) is 38.7 Å². The fourth-order valence-corrected chi connectivity index (χ4v) is 2.92. The molecule has 0 spiro atoms. The van der Waals surface area contributed by atoms with E-state index in [2.05, 4.69) is 16.0 Å². The maximum absolute atomic E-state index is 12.6. The third-order valence-electron chi connectivity index (χ3n) is 4.94. The highest BCUT2D eigenvalue weighted by molar-refractivity contribution is 5.92. The van der Waals surface area contributed by atoms with Crippen molar-refractivity contribution in [2.75, 3.05) is 13.1 Å². The van der Waals surface area contributed by atoms with Gasteiger partial charge in [0.15, 0.2) is 0 Å². The highest BCUT2D eigenvalue weighted by atomic mass is 16.4. The lowest BCUT2D eigenvalue weighted by Gasteiger charge is -2.22. The smallest absolute Gasteiger partial charge is 0.326 e. The number of carboxylic acids is 1. The van der Waals surface area contributed by atoms with Crippen LogP contribution < -0.4 is 27.4 Å². The molecule has 0 aromatic heterocycles. The van der Waals surface area contributed by atoms with Crippen LogP contribution in [0.3, 0.4) is 0 Å². The predicted octanol–water partition coefficient (Wildman–Crippen LogP) is -0.488. The van der Waals surface area contributed by atoms with Crippen molar-refractivity contribution in [3.63, 3.8) is 0 Å². The number of amides is 3. The summed E-state index contributed by atoms with van der Waals surface area (Å²) in [6, 6.07) is 6.13. The van der Waals surface area contributed by atoms with E-state index in [1.807, 2.05) is 6.07 Å². The Morgan fingerprint density at radius 1 is 0.969 bits per heavy atom. The van der Waals surface area contributed by atoms with Gasteiger partial charge in [0.1, 0.15) is 12.1 Å². The molecule has 3 unspecified atom stereocenters. The quantitative estimate of drug-likeness (QED) is 0.208. The molecule has 0 heterocycles. The summed E-state index contributed by atoms with van der Waals surface area (Å²) in [7, 11) is 0. The van der Waals surface area contributed by atoms with Crippen LogP contribution in [0.5, 0.6) is 0 Å². The van der Waals surface area contributed by atoms with E-state index in [4.69, 9.17) is 11.5 Å². The van der Waals surface area contributed by atoms with E-state index in [0.29, 0.717) is 25.8 Å². The van der Waals surface area contributed by atoms with Gasteiger partial charge in [-0.3, -0.25) is 14.4 Å². The minimum atomic E-state index is -1.18. The molecule has 0 saturated heterocycles. The van der Waals surface area contributed by atoms with E-state index < -0.39 is 48.4 Å². The minimum absolute atomic E-state index is 0.105. The Morgan fingerprint density at radius 3 is 2.19 bits per heavy atom. The number of hydrogen-bond acceptors (Lipinski definition) is 6. The van der Waals surface area contributed by atoms with Gasteiger partial charge < -0.3 is 32.5 Å². The SMILES string of the molecule is CC(C)C(N)C(=O)NC(CCCCN)C(=O)NCC(=O)NC(Cc1ccccc1)C(=O)O. The molecule has 1 rings (SSSR count). The third kappa shape index (κ3) is 9.88. The normalized spacial score (nSPS) is 13.7. The summed E-state index contributed by atoms with van der Waals surface area (Å²) >= 11 is 0. The second-order valence-electron chi connectivity index (χ2n) is 7.98. The van der Waals surface area contributed by atoms with Gasteiger partial charge >= 0.3 is 5.97 Å². The van der Waals surface area contributed by atoms with Gasteiger partial charge in [0.05, 0.1) is 12.6 Å². The number of benzene rings is 1. The molecule has 3 amide bonds. The molecule has 1 aromatic carbocycles. The average Bonchev–Trinajstić information content (AvgIpc) is 2.76. The zero-order valence-corrected chi connectivity index (χ0v) is 18.7. The first-order valence-corrected chi connectivity index (χ1v) is 10.8. The number of aliphatic carboxylic acids is 1. The Labute approximate surface area is 188 Å². The van der Waals surface area contributed by atoms with Crippen molar-refractivity contribution in [3.05, 3.63) is 35.9 Å². The number of hydrogen-bond donors (Lipinski definition) is 6. The lowest BCUT2D eigenvalue weighted by atomic mass is 10.0. The second kappa shape index (κ2) is 14.2. The van der Waals surface area contributed by atoms with Crippen molar-refractivity contribution >= 4 is 23.7 Å². The number of nitrogens with one attached hydrogen (secondary N) is 3. The zero-order chi connectivity index (χ0) is 24.1. The number of carboxylic acid groups (broad SMARTS) is 1. The van der Waals surface area contributed by atoms with Gasteiger partial charge in [-0.25, -0.2) is 4.79 Å². The molecule has 10 nitrogen and oxygen atoms in total. The predicted molar refractivity (Wildman–Crippen MR) is 120 cm³/mol. The summed E-state index contributed by atoms with van der Waals surface area (Å²) in [6.45, 7) is 3.63. The van der Waals surface area contributed by atoms with Gasteiger partial charge in [-0.05, 0) is 37.3 Å². The highest BCUT2D eigenvalue weighted by Crippen LogP contribution is 2.05. The Kier molecular flexibility index (Phi) is 12.0. The minimum Gasteiger partial charge on any atom is -0.480 e. The summed E-state index contributed by atoms with van der Waals surface area (Å²) in [4.78, 5) is 48.6. The Morgan fingerprint density at radius 2 is 1.62 bits per heavy atom. The van der Waals surface area contributed by atoms with Gasteiger partial charge in [0.25, 0.3) is 0 Å². The van der Waals surface area contributed by atoms with E-state index in [9.17, 15) is 24.3 Å². The van der Waals surface area contributed by atoms with Crippen molar-refractivity contribution in [1.29, 1.82) is 0 Å². The fraction of sp³-hybridized carbons (Fsp3) is 0.545. The molecule has 0 fully saturated rings. The zero-order valence-electron chi connectivity index (χ0n) is 18.7. The van der Waals surface area contributed by atoms with Crippen LogP contribution in [0.4, 0.5) is 0 Å². The summed E-state index contributed by atoms with van der Waals surface area (Å²) in [5.74, 6) is -2.93. The molecule has 0 saturated carbocycles. The maximum Gasteiger partial charge on any atom is 0.326 e. The number of unbranched alkanes of at least 4 members (excludes halogenated alkanes) is 1. The van der Waals surface area contributed by atoms with Crippen LogP contribution >= 0.6 is 0 Å². The van der Waals surface area contributed by atoms with E-state index >= 15 is 0 Å². The number of rotatable bonds is 14. The molecule has 0 aliphatic heterocycles. The summed E-state index contributed by atoms with van der Waals surface area (Å²) in [5, 5.41) is 16.9. The van der Waals surface area contributed by atoms with Crippen LogP contribution in [0, 0.1) is 5.92 Å². The molecule has 178 valence electrons. The van der Waals surface area contributed by atoms with Gasteiger partial charge in [0, 0.05) is 6.42 Å². The van der Waals surface area contributed by atoms with Crippen molar-refractivity contribution in [3.8, 4) is 0 Å². The standard InChI is InChI=1S/C22H35N5O5/c1-14(2)19(24)21(30)27-16(10-6-7-11-23)20(29)25-13-18(28)26-17(22(31)32)12-15-8-4-3-5-9-15/h3-5,8-9,14,16-17,19H,6-7,10-13,23-24H2,1-2H3,(H,25,29)(H,26,28)(H,27,30)(H,31,32). The van der Waals surface area contributed by atoms with Crippen molar-refractivity contribution in [2.45, 2.75) is 57.7 Å². The third-order valence-corrected chi connectivity index (χ3v) is 4.94. The molecule has 0 aliphatic rings. The Balaban J connectivity index is 2.66. The number of carbonyl (C=O) groups is 4. The van der Waals surface area contributed by atoms with Crippen LogP contribution in [-0.4, -0.2) is 60.0 Å². The van der Waals surface area contributed by atoms with E-state index in [1.54, 1.807) is 38.1 Å². The highest BCUT2D eigenvalue weighted by Gasteiger charge is 2.26. The summed E-state index contributed by atoms with van der Waals surface area (Å²) in [5.41, 5.74) is 12.1. The van der Waals surface area contributed by atoms with Crippen LogP contribution in [0.25, 0.3) is 0 Å². The van der Waals surface area contributed by atoms with Crippen LogP contribution in [-0.2, 0) is 25.6 Å². The van der Waals surface area contributed by atoms with Gasteiger partial charge in [-0.15, -0.1) is 0 Å². The monoisotopic (exact) mass is 449 g/mol. The molecule has 10 heteroatoms. The van der Waals surface area contributed by atoms with E-state index in [0.717, 1.165) is 5.56 Å². The second-order valence-corrected chi connectivity index (χ2v) is 7.98. The molecule has 0 aliphatic carbocycles. The summed E-state index contributed by atoms with van der Waals surface area (Å²) in [6.07, 6.45) is 1.74. The van der Waals surface area contributed by atoms with Crippen molar-refractivity contribution < 1.29 is 24.3 Å². The van der Waals surface area contributed by atoms with Crippen molar-refractivity contribution in [1.82, 2.24) is 16.0 Å². The van der Waals surface area contributed by atoms with E-state index in [-0.39, 0.29) is 12.3 Å². The lowest BCUT2D eigenvalue weighted by Crippen LogP contribution is -2.54. The molecular weight excluding hydrogens is 414 g/mol. The van der Waals surface area contributed by atoms with Gasteiger partial charge in [0.2, 0.25) is 17.7 Å².